The Balaban J connectivity index is 2.28. The molecular weight excluding hydrogens is 293 g/mol. The molecule has 0 aliphatic rings. The van der Waals surface area contributed by atoms with Crippen LogP contribution in [0.5, 0.6) is 0 Å². The second-order valence-electron chi connectivity index (χ2n) is 3.96. The van der Waals surface area contributed by atoms with E-state index in [9.17, 15) is 13.2 Å². The molecule has 0 atom stereocenters. The van der Waals surface area contributed by atoms with Crippen LogP contribution in [0.4, 0.5) is 13.2 Å². The summed E-state index contributed by atoms with van der Waals surface area (Å²) in [5, 5.41) is 4.01. The van der Waals surface area contributed by atoms with E-state index in [0.717, 1.165) is 0 Å². The normalized spacial score (nSPS) is 12.0. The van der Waals surface area contributed by atoms with Gasteiger partial charge in [-0.1, -0.05) is 29.8 Å². The molecule has 0 saturated carbocycles. The second kappa shape index (κ2) is 4.45. The minimum Gasteiger partial charge on any atom is -0.215 e. The van der Waals surface area contributed by atoms with Gasteiger partial charge in [0.2, 0.25) is 5.82 Å². The van der Waals surface area contributed by atoms with Crippen LogP contribution in [0, 0.1) is 0 Å². The Morgan fingerprint density at radius 3 is 2.40 bits per heavy atom. The number of halogens is 4. The van der Waals surface area contributed by atoms with Gasteiger partial charge in [0, 0.05) is 0 Å². The molecule has 102 valence electrons. The van der Waals surface area contributed by atoms with Gasteiger partial charge in [-0.3, -0.25) is 0 Å². The molecule has 0 unspecified atom stereocenters. The zero-order valence-electron chi connectivity index (χ0n) is 9.76. The van der Waals surface area contributed by atoms with Crippen molar-refractivity contribution in [3.05, 3.63) is 47.5 Å². The summed E-state index contributed by atoms with van der Waals surface area (Å²) in [6, 6.07) is 8.69. The highest BCUT2D eigenvalue weighted by Gasteiger charge is 2.36. The van der Waals surface area contributed by atoms with E-state index in [1.165, 1.54) is 10.9 Å². The second-order valence-corrected chi connectivity index (χ2v) is 4.32. The quantitative estimate of drug-likeness (QED) is 0.646. The lowest BCUT2D eigenvalue weighted by atomic mass is 10.3. The summed E-state index contributed by atoms with van der Waals surface area (Å²) >= 11 is 5.76. The summed E-state index contributed by atoms with van der Waals surface area (Å²) in [7, 11) is 0. The minimum atomic E-state index is -4.66. The first-order chi connectivity index (χ1) is 9.47. The molecule has 3 rings (SSSR count). The van der Waals surface area contributed by atoms with Gasteiger partial charge in [-0.2, -0.15) is 18.3 Å². The SMILES string of the molecule is FC(F)(F)c1nc(Cl)c2cnn(-c3ccccc3)c2n1. The van der Waals surface area contributed by atoms with Crippen LogP contribution in [-0.2, 0) is 6.18 Å². The molecule has 0 aliphatic heterocycles. The maximum atomic E-state index is 12.7. The highest BCUT2D eigenvalue weighted by atomic mass is 35.5. The third kappa shape index (κ3) is 2.09. The fraction of sp³-hybridized carbons (Fsp3) is 0.0833. The Hall–Kier alpha value is -2.15. The van der Waals surface area contributed by atoms with E-state index in [2.05, 4.69) is 15.1 Å². The first-order valence-corrected chi connectivity index (χ1v) is 5.88. The largest absolute Gasteiger partial charge is 0.451 e. The Morgan fingerprint density at radius 1 is 1.05 bits per heavy atom. The standard InChI is InChI=1S/C12H6ClF3N4/c13-9-8-6-17-20(7-4-2-1-3-5-7)10(8)19-11(18-9)12(14,15)16/h1-6H. The van der Waals surface area contributed by atoms with Crippen molar-refractivity contribution in [1.29, 1.82) is 0 Å². The van der Waals surface area contributed by atoms with Crippen LogP contribution in [0.1, 0.15) is 5.82 Å². The maximum Gasteiger partial charge on any atom is 0.451 e. The van der Waals surface area contributed by atoms with Gasteiger partial charge in [-0.05, 0) is 12.1 Å². The molecule has 0 radical (unpaired) electrons. The van der Waals surface area contributed by atoms with Crippen molar-refractivity contribution >= 4 is 22.6 Å². The highest BCUT2D eigenvalue weighted by Crippen LogP contribution is 2.30. The summed E-state index contributed by atoms with van der Waals surface area (Å²) in [6.07, 6.45) is -3.32. The number of para-hydroxylation sites is 1. The van der Waals surface area contributed by atoms with Gasteiger partial charge in [0.1, 0.15) is 5.15 Å². The molecule has 0 spiro atoms. The van der Waals surface area contributed by atoms with E-state index in [0.29, 0.717) is 5.69 Å². The lowest BCUT2D eigenvalue weighted by molar-refractivity contribution is -0.144. The molecule has 0 bridgehead atoms. The molecule has 4 nitrogen and oxygen atoms in total. The first kappa shape index (κ1) is 12.9. The molecule has 8 heteroatoms. The smallest absolute Gasteiger partial charge is 0.215 e. The summed E-state index contributed by atoms with van der Waals surface area (Å²) in [5.74, 6) is -1.28. The molecule has 2 heterocycles. The van der Waals surface area contributed by atoms with Gasteiger partial charge < -0.3 is 0 Å². The van der Waals surface area contributed by atoms with Gasteiger partial charge in [0.25, 0.3) is 0 Å². The van der Waals surface area contributed by atoms with E-state index < -0.39 is 12.0 Å². The number of aromatic nitrogens is 4. The number of hydrogen-bond donors (Lipinski definition) is 0. The number of alkyl halides is 3. The van der Waals surface area contributed by atoms with E-state index in [4.69, 9.17) is 11.6 Å². The van der Waals surface area contributed by atoms with Crippen molar-refractivity contribution in [1.82, 2.24) is 19.7 Å². The van der Waals surface area contributed by atoms with E-state index in [1.54, 1.807) is 30.3 Å². The lowest BCUT2D eigenvalue weighted by Gasteiger charge is -2.07. The van der Waals surface area contributed by atoms with Crippen molar-refractivity contribution in [3.63, 3.8) is 0 Å². The van der Waals surface area contributed by atoms with Crippen molar-refractivity contribution in [2.24, 2.45) is 0 Å². The number of nitrogens with zero attached hydrogens (tertiary/aromatic N) is 4. The number of fused-ring (bicyclic) bond motifs is 1. The van der Waals surface area contributed by atoms with Gasteiger partial charge in [0.15, 0.2) is 5.65 Å². The van der Waals surface area contributed by atoms with Crippen LogP contribution in [0.3, 0.4) is 0 Å². The zero-order chi connectivity index (χ0) is 14.3. The summed E-state index contributed by atoms with van der Waals surface area (Å²) < 4.78 is 39.5. The molecule has 2 aromatic heterocycles. The number of hydrogen-bond acceptors (Lipinski definition) is 3. The van der Waals surface area contributed by atoms with Crippen LogP contribution in [-0.4, -0.2) is 19.7 Å². The third-order valence-electron chi connectivity index (χ3n) is 2.64. The van der Waals surface area contributed by atoms with Crippen molar-refractivity contribution in [3.8, 4) is 5.69 Å². The monoisotopic (exact) mass is 298 g/mol. The van der Waals surface area contributed by atoms with Gasteiger partial charge in [-0.15, -0.1) is 0 Å². The molecule has 0 amide bonds. The third-order valence-corrected chi connectivity index (χ3v) is 2.92. The fourth-order valence-corrected chi connectivity index (χ4v) is 1.97. The molecule has 0 saturated heterocycles. The highest BCUT2D eigenvalue weighted by molar-refractivity contribution is 6.33. The molecule has 0 aliphatic carbocycles. The Kier molecular flexibility index (Phi) is 2.86. The van der Waals surface area contributed by atoms with Gasteiger partial charge >= 0.3 is 6.18 Å². The first-order valence-electron chi connectivity index (χ1n) is 5.51. The van der Waals surface area contributed by atoms with Crippen LogP contribution in [0.25, 0.3) is 16.7 Å². The van der Waals surface area contributed by atoms with Crippen molar-refractivity contribution < 1.29 is 13.2 Å². The predicted octanol–water partition coefficient (Wildman–Crippen LogP) is 3.49. The average Bonchev–Trinajstić information content (AvgIpc) is 2.83. The molecule has 20 heavy (non-hydrogen) atoms. The van der Waals surface area contributed by atoms with Crippen LogP contribution in [0.15, 0.2) is 36.5 Å². The minimum absolute atomic E-state index is 0.0172. The maximum absolute atomic E-state index is 12.7. The summed E-state index contributed by atoms with van der Waals surface area (Å²) in [4.78, 5) is 6.78. The topological polar surface area (TPSA) is 43.6 Å². The molecular formula is C12H6ClF3N4. The zero-order valence-corrected chi connectivity index (χ0v) is 10.5. The van der Waals surface area contributed by atoms with Gasteiger partial charge in [-0.25, -0.2) is 14.6 Å². The van der Waals surface area contributed by atoms with Crippen LogP contribution < -0.4 is 0 Å². The van der Waals surface area contributed by atoms with E-state index >= 15 is 0 Å². The Morgan fingerprint density at radius 2 is 1.75 bits per heavy atom. The molecule has 0 N–H and O–H groups in total. The van der Waals surface area contributed by atoms with Crippen LogP contribution >= 0.6 is 11.6 Å². The molecule has 0 fully saturated rings. The van der Waals surface area contributed by atoms with Crippen LogP contribution in [0.2, 0.25) is 5.15 Å². The molecule has 3 aromatic rings. The Labute approximate surface area is 115 Å². The number of benzene rings is 1. The van der Waals surface area contributed by atoms with E-state index in [-0.39, 0.29) is 16.2 Å². The van der Waals surface area contributed by atoms with E-state index in [1.807, 2.05) is 0 Å². The summed E-state index contributed by atoms with van der Waals surface area (Å²) in [6.45, 7) is 0. The predicted molar refractivity (Wildman–Crippen MR) is 66.7 cm³/mol. The average molecular weight is 299 g/mol. The summed E-state index contributed by atoms with van der Waals surface area (Å²) in [5.41, 5.74) is 0.605. The number of rotatable bonds is 1. The fourth-order valence-electron chi connectivity index (χ4n) is 1.76. The Bertz CT molecular complexity index is 767. The lowest BCUT2D eigenvalue weighted by Crippen LogP contribution is -2.12. The molecule has 1 aromatic carbocycles. The van der Waals surface area contributed by atoms with Crippen molar-refractivity contribution in [2.75, 3.05) is 0 Å². The van der Waals surface area contributed by atoms with Gasteiger partial charge in [0.05, 0.1) is 17.3 Å². The van der Waals surface area contributed by atoms with Crippen molar-refractivity contribution in [2.45, 2.75) is 6.18 Å².